The fourth-order valence-corrected chi connectivity index (χ4v) is 10.3. The van der Waals surface area contributed by atoms with Crippen LogP contribution in [0.15, 0.2) is 58.8 Å². The summed E-state index contributed by atoms with van der Waals surface area (Å²) in [5, 5.41) is 21.2. The molecule has 3 saturated carbocycles. The molecule has 254 valence electrons. The van der Waals surface area contributed by atoms with Crippen molar-refractivity contribution in [3.63, 3.8) is 0 Å². The number of nitro groups is 1. The Kier molecular flexibility index (Phi) is 8.24. The number of carbonyl (C=O) groups is 2. The van der Waals surface area contributed by atoms with Gasteiger partial charge in [-0.3, -0.25) is 9.59 Å². The van der Waals surface area contributed by atoms with Crippen LogP contribution in [-0.2, 0) is 20.9 Å². The maximum atomic E-state index is 13.7. The summed E-state index contributed by atoms with van der Waals surface area (Å²) in [6.07, 6.45) is 19.5. The molecule has 1 aromatic heterocycles. The molecule has 6 atom stereocenters. The summed E-state index contributed by atoms with van der Waals surface area (Å²) >= 11 is 0. The van der Waals surface area contributed by atoms with Gasteiger partial charge < -0.3 is 24.5 Å². The van der Waals surface area contributed by atoms with Gasteiger partial charge in [0.05, 0.1) is 12.0 Å². The molecule has 0 spiro atoms. The van der Waals surface area contributed by atoms with Gasteiger partial charge >= 0.3 is 11.8 Å². The van der Waals surface area contributed by atoms with Gasteiger partial charge in [0.1, 0.15) is 6.20 Å². The Morgan fingerprint density at radius 1 is 1.04 bits per heavy atom. The number of hydrogen-bond donors (Lipinski definition) is 1. The first kappa shape index (κ1) is 33.4. The predicted octanol–water partition coefficient (Wildman–Crippen LogP) is 8.52. The fraction of sp³-hybridized carbons (Fsp3) is 0.658. The normalized spacial score (nSPS) is 36.3. The van der Waals surface area contributed by atoms with Crippen molar-refractivity contribution < 1.29 is 24.4 Å². The Hall–Kier alpha value is -3.49. The van der Waals surface area contributed by atoms with Crippen LogP contribution >= 0.6 is 0 Å². The number of carbonyl (C=O) groups excluding carboxylic acids is 2. The fourth-order valence-electron chi connectivity index (χ4n) is 10.3. The van der Waals surface area contributed by atoms with Gasteiger partial charge in [0.25, 0.3) is 0 Å². The van der Waals surface area contributed by atoms with E-state index in [1.54, 1.807) is 10.6 Å². The average Bonchev–Trinajstić information content (AvgIpc) is 3.51. The average molecular weight is 646 g/mol. The van der Waals surface area contributed by atoms with Crippen LogP contribution < -0.4 is 0 Å². The Morgan fingerprint density at radius 2 is 1.77 bits per heavy atom. The quantitative estimate of drug-likeness (QED) is 0.124. The zero-order chi connectivity index (χ0) is 34.0. The Morgan fingerprint density at radius 3 is 2.49 bits per heavy atom. The van der Waals surface area contributed by atoms with Crippen LogP contribution in [-0.4, -0.2) is 37.9 Å². The number of nitrogens with zero attached hydrogens (tertiary/aromatic N) is 3. The molecule has 0 aliphatic heterocycles. The number of fused-ring (bicyclic) bond motifs is 7. The summed E-state index contributed by atoms with van der Waals surface area (Å²) in [6, 6.07) is 0. The van der Waals surface area contributed by atoms with Gasteiger partial charge in [-0.2, -0.15) is 0 Å². The predicted molar refractivity (Wildman–Crippen MR) is 179 cm³/mol. The smallest absolute Gasteiger partial charge is 0.381 e. The molecule has 5 aliphatic rings. The van der Waals surface area contributed by atoms with Crippen molar-refractivity contribution in [2.24, 2.45) is 33.0 Å². The van der Waals surface area contributed by atoms with E-state index >= 15 is 0 Å². The molecule has 3 fully saturated rings. The topological polar surface area (TPSA) is 125 Å². The van der Waals surface area contributed by atoms with Gasteiger partial charge in [-0.1, -0.05) is 51.8 Å². The number of aliphatic hydroxyl groups excluding tert-OH is 1. The number of unbranched alkanes of at least 4 members (excludes halogenated alkanes) is 3. The van der Waals surface area contributed by atoms with E-state index in [1.807, 2.05) is 6.92 Å². The molecule has 47 heavy (non-hydrogen) atoms. The number of imidazole rings is 1. The summed E-state index contributed by atoms with van der Waals surface area (Å²) in [5.41, 5.74) is 3.39. The van der Waals surface area contributed by atoms with Crippen LogP contribution in [0.25, 0.3) is 0 Å². The lowest BCUT2D eigenvalue weighted by atomic mass is 9.34. The molecular weight excluding hydrogens is 594 g/mol. The number of rotatable bonds is 9. The summed E-state index contributed by atoms with van der Waals surface area (Å²) in [4.78, 5) is 40.7. The number of ketones is 1. The van der Waals surface area contributed by atoms with E-state index in [-0.39, 0.29) is 45.0 Å². The minimum Gasteiger partial charge on any atom is -0.504 e. The van der Waals surface area contributed by atoms with E-state index in [9.17, 15) is 24.8 Å². The van der Waals surface area contributed by atoms with Crippen molar-refractivity contribution in [2.75, 3.05) is 6.61 Å². The van der Waals surface area contributed by atoms with Crippen LogP contribution in [0.1, 0.15) is 112 Å². The van der Waals surface area contributed by atoms with Crippen molar-refractivity contribution >= 4 is 17.6 Å². The molecule has 1 heterocycles. The Bertz CT molecular complexity index is 1630. The molecule has 0 saturated heterocycles. The van der Waals surface area contributed by atoms with Gasteiger partial charge in [0.2, 0.25) is 12.1 Å². The van der Waals surface area contributed by atoms with Gasteiger partial charge in [-0.25, -0.2) is 0 Å². The van der Waals surface area contributed by atoms with E-state index in [2.05, 4.69) is 51.8 Å². The van der Waals surface area contributed by atoms with Crippen LogP contribution in [0.2, 0.25) is 0 Å². The van der Waals surface area contributed by atoms with Crippen LogP contribution in [0.3, 0.4) is 0 Å². The third kappa shape index (κ3) is 5.23. The van der Waals surface area contributed by atoms with Gasteiger partial charge in [0.15, 0.2) is 5.76 Å². The molecule has 0 amide bonds. The first-order valence-corrected chi connectivity index (χ1v) is 17.5. The molecule has 9 heteroatoms. The zero-order valence-corrected chi connectivity index (χ0v) is 29.0. The SMILES string of the molecule is CC1=C(O)C(=O)C=C2C1=CC=C1[C@@]2(C)CC[C@@]2(C)[C@@H]3C[C@](C)(C(=O)OCCCCCCn4cnc([N+](=O)[O-])c4)CC[C@]3(C)CC[C@]12C. The highest BCUT2D eigenvalue weighted by Crippen LogP contribution is 2.75. The Labute approximate surface area is 278 Å². The van der Waals surface area contributed by atoms with Crippen LogP contribution in [0.4, 0.5) is 5.82 Å². The number of aromatic nitrogens is 2. The summed E-state index contributed by atoms with van der Waals surface area (Å²) in [6.45, 7) is 14.7. The molecule has 0 bridgehead atoms. The second-order valence-corrected chi connectivity index (χ2v) is 16.4. The maximum absolute atomic E-state index is 13.7. The summed E-state index contributed by atoms with van der Waals surface area (Å²) in [7, 11) is 0. The number of ether oxygens (including phenoxy) is 1. The van der Waals surface area contributed by atoms with Gasteiger partial charge in [-0.15, -0.1) is 0 Å². The lowest BCUT2D eigenvalue weighted by Gasteiger charge is -2.70. The van der Waals surface area contributed by atoms with E-state index < -0.39 is 10.3 Å². The number of allylic oxidation sites excluding steroid dienone is 7. The lowest BCUT2D eigenvalue weighted by molar-refractivity contribution is -0.389. The number of hydrogen-bond acceptors (Lipinski definition) is 7. The molecule has 0 aromatic carbocycles. The third-order valence-electron chi connectivity index (χ3n) is 13.7. The molecule has 1 aromatic rings. The highest BCUT2D eigenvalue weighted by molar-refractivity contribution is 6.06. The van der Waals surface area contributed by atoms with Gasteiger partial charge in [0, 0.05) is 17.5 Å². The zero-order valence-electron chi connectivity index (χ0n) is 29.0. The highest BCUT2D eigenvalue weighted by atomic mass is 16.6. The number of esters is 1. The van der Waals surface area contributed by atoms with Crippen molar-refractivity contribution in [1.82, 2.24) is 9.55 Å². The minimum absolute atomic E-state index is 0.0133. The van der Waals surface area contributed by atoms with Crippen molar-refractivity contribution in [3.05, 3.63) is 68.9 Å². The van der Waals surface area contributed by atoms with Crippen molar-refractivity contribution in [1.29, 1.82) is 0 Å². The summed E-state index contributed by atoms with van der Waals surface area (Å²) < 4.78 is 7.71. The molecule has 1 N–H and O–H groups in total. The van der Waals surface area contributed by atoms with E-state index in [1.165, 1.54) is 18.1 Å². The molecule has 0 radical (unpaired) electrons. The maximum Gasteiger partial charge on any atom is 0.381 e. The standard InChI is InChI=1S/C38H51N3O6/c1-25-26-11-12-29-36(4,27(26)21-28(42)32(25)43)16-18-38(6)30-22-35(3,14-13-34(30,2)15-17-37(29,38)5)33(44)47-20-10-8-7-9-19-40-23-31(39-24-40)41(45)46/h11-12,21,23-24,30,43H,7-10,13-20,22H2,1-6H3/t30-,34-,35-,36+,37-,38+/m1/s1. The molecule has 0 unspecified atom stereocenters. The van der Waals surface area contributed by atoms with Crippen LogP contribution in [0.5, 0.6) is 0 Å². The monoisotopic (exact) mass is 645 g/mol. The van der Waals surface area contributed by atoms with Crippen molar-refractivity contribution in [2.45, 2.75) is 119 Å². The second kappa shape index (κ2) is 11.6. The molecular formula is C38H51N3O6. The minimum atomic E-state index is -0.520. The molecule has 6 rings (SSSR count). The van der Waals surface area contributed by atoms with Gasteiger partial charge in [-0.05, 0) is 127 Å². The first-order valence-electron chi connectivity index (χ1n) is 17.5. The number of aryl methyl sites for hydroxylation is 1. The Balaban J connectivity index is 1.12. The second-order valence-electron chi connectivity index (χ2n) is 16.4. The highest BCUT2D eigenvalue weighted by Gasteiger charge is 2.67. The molecule has 5 aliphatic carbocycles. The van der Waals surface area contributed by atoms with E-state index in [0.29, 0.717) is 24.6 Å². The molecule has 9 nitrogen and oxygen atoms in total. The van der Waals surface area contributed by atoms with Crippen molar-refractivity contribution in [3.8, 4) is 0 Å². The third-order valence-corrected chi connectivity index (χ3v) is 13.7. The number of aliphatic hydroxyl groups is 1. The van der Waals surface area contributed by atoms with E-state index in [0.717, 1.165) is 81.8 Å². The summed E-state index contributed by atoms with van der Waals surface area (Å²) in [5.74, 6) is -0.277. The van der Waals surface area contributed by atoms with E-state index in [4.69, 9.17) is 4.74 Å². The van der Waals surface area contributed by atoms with Crippen LogP contribution in [0, 0.1) is 43.1 Å². The lowest BCUT2D eigenvalue weighted by Crippen LogP contribution is -2.62. The first-order chi connectivity index (χ1) is 22.1. The largest absolute Gasteiger partial charge is 0.504 e.